The molecule has 10 aromatic rings. The van der Waals surface area contributed by atoms with Crippen molar-refractivity contribution < 1.29 is 0 Å². The molecule has 0 bridgehead atoms. The highest BCUT2D eigenvalue weighted by molar-refractivity contribution is 8.62. The second-order valence-corrected chi connectivity index (χ2v) is 35.9. The third-order valence-corrected chi connectivity index (χ3v) is 42.6. The van der Waals surface area contributed by atoms with Crippen molar-refractivity contribution in [3.63, 3.8) is 0 Å². The minimum absolute atomic E-state index is 1.14. The van der Waals surface area contributed by atoms with Crippen LogP contribution in [0.2, 0.25) is 0 Å². The molecular weight excluding hydrogens is 1000 g/mol. The molecule has 0 radical (unpaired) electrons. The average molecular weight is 1050 g/mol. The van der Waals surface area contributed by atoms with Crippen molar-refractivity contribution in [1.29, 1.82) is 0 Å². The number of benzene rings is 10. The Bertz CT molecular complexity index is 2900. The first-order valence-electron chi connectivity index (χ1n) is 23.2. The molecule has 10 aromatic carbocycles. The second-order valence-electron chi connectivity index (χ2n) is 16.5. The van der Waals surface area contributed by atoms with E-state index in [1.807, 2.05) is 0 Å². The summed E-state index contributed by atoms with van der Waals surface area (Å²) >= 11 is 17.6. The van der Waals surface area contributed by atoms with Crippen molar-refractivity contribution in [3.8, 4) is 0 Å². The topological polar surface area (TPSA) is 0 Å². The summed E-state index contributed by atoms with van der Waals surface area (Å²) in [5, 5.41) is 12.6. The zero-order valence-corrected chi connectivity index (χ0v) is 45.2. The highest BCUT2D eigenvalue weighted by Gasteiger charge is 2.47. The molecule has 0 saturated heterocycles. The van der Waals surface area contributed by atoms with Crippen LogP contribution >= 0.6 is 66.0 Å². The largest absolute Gasteiger partial charge is 0.0857 e. The molecule has 4 unspecified atom stereocenters. The number of halogens is 2. The van der Waals surface area contributed by atoms with Gasteiger partial charge in [-0.1, -0.05) is 326 Å². The van der Waals surface area contributed by atoms with Gasteiger partial charge in [0.2, 0.25) is 0 Å². The number of hydrogen-bond donors (Lipinski definition) is 0. The second kappa shape index (κ2) is 23.1. The Morgan fingerprint density at radius 2 is 0.371 bits per heavy atom. The molecule has 0 nitrogen and oxygen atoms in total. The summed E-state index contributed by atoms with van der Waals surface area (Å²) in [6, 6.07) is 113. The smallest absolute Gasteiger partial charge is 0.0546 e. The molecule has 0 fully saturated rings. The van der Waals surface area contributed by atoms with Crippen LogP contribution in [0, 0.1) is 0 Å². The monoisotopic (exact) mass is 1050 g/mol. The highest BCUT2D eigenvalue weighted by atomic mass is 35.7. The molecule has 70 heavy (non-hydrogen) atoms. The van der Waals surface area contributed by atoms with Gasteiger partial charge in [0.1, 0.15) is 0 Å². The molecular formula is C62H50Cl2P6. The normalized spacial score (nSPS) is 13.3. The molecule has 4 atom stereocenters. The highest BCUT2D eigenvalue weighted by Crippen LogP contribution is 2.84. The van der Waals surface area contributed by atoms with Gasteiger partial charge in [0.25, 0.3) is 0 Å². The fourth-order valence-electron chi connectivity index (χ4n) is 9.34. The summed E-state index contributed by atoms with van der Waals surface area (Å²) in [5.74, 6) is 0. The van der Waals surface area contributed by atoms with Crippen molar-refractivity contribution in [3.05, 3.63) is 303 Å². The van der Waals surface area contributed by atoms with Gasteiger partial charge in [0, 0.05) is 9.55 Å². The SMILES string of the molecule is ClP(C(P(c1ccccc1)P(C(P(Cl)c1ccccc1)=P(c1ccccc1)(c1ccccc1)c1ccccc1)c1ccccc1)=P(c1ccccc1)(c1ccccc1)c1ccccc1)c1ccccc1. The van der Waals surface area contributed by atoms with E-state index in [0.29, 0.717) is 0 Å². The molecule has 0 saturated carbocycles. The third-order valence-electron chi connectivity index (χ3n) is 12.4. The molecule has 0 aromatic heterocycles. The summed E-state index contributed by atoms with van der Waals surface area (Å²) < 4.78 is 2.82. The predicted octanol–water partition coefficient (Wildman–Crippen LogP) is 14.6. The average Bonchev–Trinajstić information content (AvgIpc) is 3.46. The Morgan fingerprint density at radius 3 is 0.557 bits per heavy atom. The standard InChI is InChI=1S/C62H50Cl2P6/c63-65(51-31-11-1-12-32-51)61(69(55-39-19-5-20-40-55,56-41-21-6-22-42-56)57-43-23-7-24-44-57)67(53-35-15-3-16-36-53)68(54-37-17-4-18-38-54)62(66(64)52-33-13-2-14-34-52)70(58-45-25-8-26-46-58,59-47-27-9-28-48-59)60-49-29-10-30-50-60/h1-50H. The maximum atomic E-state index is 8.80. The lowest BCUT2D eigenvalue weighted by Crippen LogP contribution is -2.33. The molecule has 8 heteroatoms. The Hall–Kier alpha value is -4.90. The molecule has 0 N–H and O–H groups in total. The van der Waals surface area contributed by atoms with Crippen LogP contribution in [0.25, 0.3) is 0 Å². The van der Waals surface area contributed by atoms with Crippen LogP contribution in [0.1, 0.15) is 0 Å². The predicted molar refractivity (Wildman–Crippen MR) is 324 cm³/mol. The van der Waals surface area contributed by atoms with Crippen molar-refractivity contribution in [2.45, 2.75) is 0 Å². The first kappa shape index (κ1) is 48.7. The lowest BCUT2D eigenvalue weighted by molar-refractivity contribution is 1.73. The first-order chi connectivity index (χ1) is 34.6. The zero-order chi connectivity index (χ0) is 47.6. The van der Waals surface area contributed by atoms with Gasteiger partial charge in [0.15, 0.2) is 0 Å². The van der Waals surface area contributed by atoms with E-state index >= 15 is 0 Å². The molecule has 0 amide bonds. The molecule has 10 rings (SSSR count). The zero-order valence-electron chi connectivity index (χ0n) is 38.3. The summed E-state index contributed by atoms with van der Waals surface area (Å²) in [5.41, 5.74) is 0. The van der Waals surface area contributed by atoms with Gasteiger partial charge in [-0.2, -0.15) is 0 Å². The Labute approximate surface area is 428 Å². The van der Waals surface area contributed by atoms with E-state index in [1.54, 1.807) is 0 Å². The van der Waals surface area contributed by atoms with E-state index in [9.17, 15) is 0 Å². The molecule has 0 aliphatic carbocycles. The summed E-state index contributed by atoms with van der Waals surface area (Å²) in [6.07, 6.45) is 0. The van der Waals surface area contributed by atoms with Gasteiger partial charge in [-0.15, -0.1) is 0 Å². The van der Waals surface area contributed by atoms with Gasteiger partial charge < -0.3 is 0 Å². The van der Waals surface area contributed by atoms with Gasteiger partial charge in [-0.25, -0.2) is 0 Å². The van der Waals surface area contributed by atoms with Crippen LogP contribution in [0.5, 0.6) is 0 Å². The van der Waals surface area contributed by atoms with Crippen LogP contribution in [0.4, 0.5) is 0 Å². The molecule has 0 aliphatic rings. The Morgan fingerprint density at radius 1 is 0.214 bits per heavy atom. The fraction of sp³-hybridized carbons (Fsp3) is 0. The van der Waals surface area contributed by atoms with Crippen LogP contribution < -0.4 is 53.0 Å². The fourth-order valence-corrected chi connectivity index (χ4v) is 47.9. The van der Waals surface area contributed by atoms with Gasteiger partial charge in [-0.3, -0.25) is 0 Å². The van der Waals surface area contributed by atoms with Crippen molar-refractivity contribution >= 4 is 129 Å². The molecule has 0 aliphatic heterocycles. The van der Waals surface area contributed by atoms with Crippen LogP contribution in [0.15, 0.2) is 303 Å². The quantitative estimate of drug-likeness (QED) is 0.0898. The lowest BCUT2D eigenvalue weighted by atomic mass is 10.4. The molecule has 342 valence electrons. The Kier molecular flexibility index (Phi) is 16.1. The Balaban J connectivity index is 1.55. The number of hydrogen-bond acceptors (Lipinski definition) is 0. The number of rotatable bonds is 15. The molecule has 0 heterocycles. The summed E-state index contributed by atoms with van der Waals surface area (Å²) in [6.45, 7) is -5.74. The van der Waals surface area contributed by atoms with Crippen molar-refractivity contribution in [2.75, 3.05) is 0 Å². The summed E-state index contributed by atoms with van der Waals surface area (Å²) in [7, 11) is -5.92. The van der Waals surface area contributed by atoms with E-state index in [0.717, 1.165) is 10.6 Å². The molecule has 0 spiro atoms. The van der Waals surface area contributed by atoms with Crippen LogP contribution in [0.3, 0.4) is 0 Å². The first-order valence-corrected chi connectivity index (χ1v) is 34.7. The maximum absolute atomic E-state index is 8.80. The van der Waals surface area contributed by atoms with E-state index in [1.165, 1.54) is 52.0 Å². The van der Waals surface area contributed by atoms with Gasteiger partial charge in [-0.05, 0) is 82.0 Å². The maximum Gasteiger partial charge on any atom is 0.0546 e. The van der Waals surface area contributed by atoms with E-state index in [2.05, 4.69) is 303 Å². The minimum atomic E-state index is -2.87. The van der Waals surface area contributed by atoms with E-state index in [4.69, 9.17) is 22.5 Å². The van der Waals surface area contributed by atoms with Crippen LogP contribution in [-0.2, 0) is 0 Å². The minimum Gasteiger partial charge on any atom is -0.0857 e. The third kappa shape index (κ3) is 9.61. The summed E-state index contributed by atoms with van der Waals surface area (Å²) in [4.78, 5) is 0. The van der Waals surface area contributed by atoms with Gasteiger partial charge in [0.05, 0.1) is 14.5 Å². The van der Waals surface area contributed by atoms with Crippen molar-refractivity contribution in [1.82, 2.24) is 0 Å². The lowest BCUT2D eigenvalue weighted by Gasteiger charge is -2.45. The van der Waals surface area contributed by atoms with Crippen molar-refractivity contribution in [2.24, 2.45) is 0 Å². The van der Waals surface area contributed by atoms with E-state index in [-0.39, 0.29) is 0 Å². The van der Waals surface area contributed by atoms with Gasteiger partial charge >= 0.3 is 0 Å². The van der Waals surface area contributed by atoms with E-state index < -0.39 is 43.5 Å². The van der Waals surface area contributed by atoms with Crippen LogP contribution in [-0.4, -0.2) is 9.55 Å².